The van der Waals surface area contributed by atoms with Crippen LogP contribution in [0.2, 0.25) is 0 Å². The third-order valence-corrected chi connectivity index (χ3v) is 5.55. The maximum absolute atomic E-state index is 10.2. The second-order valence-electron chi connectivity index (χ2n) is 6.67. The molecule has 0 aromatic heterocycles. The number of benzene rings is 1. The lowest BCUT2D eigenvalue weighted by molar-refractivity contribution is -0.193. The van der Waals surface area contributed by atoms with Gasteiger partial charge < -0.3 is 24.7 Å². The number of amidine groups is 1. The summed E-state index contributed by atoms with van der Waals surface area (Å²) in [4.78, 5) is 4.29. The van der Waals surface area contributed by atoms with E-state index < -0.39 is 22.7 Å². The second kappa shape index (κ2) is 5.10. The van der Waals surface area contributed by atoms with E-state index >= 15 is 0 Å². The van der Waals surface area contributed by atoms with Crippen LogP contribution in [0.15, 0.2) is 23.2 Å². The standard InChI is InChI=1S/C18H18N4O4/c1-10-7-25-18(26-10)17(9-20)14(16(17,8-19)15(21)22-18)11-5-4-6-12(23-2)13(11)24-3/h4-6,10,14H,7H2,1-3H3,(H2,21,22)/t10-,14+,16+,17+,18+/m0/s1. The van der Waals surface area contributed by atoms with Crippen LogP contribution in [-0.4, -0.2) is 38.7 Å². The number of para-hydroxylation sites is 1. The molecule has 26 heavy (non-hydrogen) atoms. The van der Waals surface area contributed by atoms with Gasteiger partial charge in [0.05, 0.1) is 39.1 Å². The number of ether oxygens (including phenoxy) is 4. The van der Waals surface area contributed by atoms with Crippen molar-refractivity contribution < 1.29 is 18.9 Å². The van der Waals surface area contributed by atoms with Crippen LogP contribution in [0.4, 0.5) is 0 Å². The van der Waals surface area contributed by atoms with Gasteiger partial charge in [-0.2, -0.15) is 10.5 Å². The first-order valence-corrected chi connectivity index (χ1v) is 8.19. The van der Waals surface area contributed by atoms with Gasteiger partial charge >= 0.3 is 0 Å². The summed E-state index contributed by atoms with van der Waals surface area (Å²) in [5.74, 6) is -1.20. The Kier molecular flexibility index (Phi) is 3.27. The highest BCUT2D eigenvalue weighted by atomic mass is 16.8. The van der Waals surface area contributed by atoms with Gasteiger partial charge in [0.25, 0.3) is 5.91 Å². The Balaban J connectivity index is 1.95. The average molecular weight is 354 g/mol. The number of fused-ring (bicyclic) bond motifs is 2. The van der Waals surface area contributed by atoms with Crippen LogP contribution in [-0.2, 0) is 9.47 Å². The van der Waals surface area contributed by atoms with Gasteiger partial charge in [0.15, 0.2) is 16.9 Å². The fourth-order valence-electron chi connectivity index (χ4n) is 4.47. The summed E-state index contributed by atoms with van der Waals surface area (Å²) >= 11 is 0. The normalized spacial score (nSPS) is 39.7. The van der Waals surface area contributed by atoms with Crippen molar-refractivity contribution in [2.75, 3.05) is 20.8 Å². The number of nitrogens with zero attached hydrogens (tertiary/aromatic N) is 3. The maximum Gasteiger partial charge on any atom is 0.293 e. The SMILES string of the molecule is COc1cccc([C@H]2[C@@]3(C#N)[C@@]4(N=C(N)[C@@]23C#N)OC[C@H](C)O4)c1OC. The molecule has 0 bridgehead atoms. The number of hydrogen-bond acceptors (Lipinski definition) is 8. The van der Waals surface area contributed by atoms with Gasteiger partial charge in [-0.1, -0.05) is 12.1 Å². The number of rotatable bonds is 3. The van der Waals surface area contributed by atoms with E-state index in [2.05, 4.69) is 17.1 Å². The smallest absolute Gasteiger partial charge is 0.293 e. The van der Waals surface area contributed by atoms with E-state index in [4.69, 9.17) is 24.7 Å². The molecule has 1 spiro atoms. The molecule has 8 heteroatoms. The fraction of sp³-hybridized carbons (Fsp3) is 0.500. The molecule has 1 aliphatic carbocycles. The van der Waals surface area contributed by atoms with Gasteiger partial charge in [0.2, 0.25) is 0 Å². The Morgan fingerprint density at radius 2 is 2.04 bits per heavy atom. The molecule has 0 radical (unpaired) electrons. The number of hydrogen-bond donors (Lipinski definition) is 1. The molecule has 4 rings (SSSR count). The van der Waals surface area contributed by atoms with Crippen molar-refractivity contribution in [2.45, 2.75) is 24.9 Å². The summed E-state index contributed by atoms with van der Waals surface area (Å²) in [6.07, 6.45) is -0.264. The quantitative estimate of drug-likeness (QED) is 0.867. The van der Waals surface area contributed by atoms with Crippen LogP contribution in [0.25, 0.3) is 0 Å². The Hall–Kier alpha value is -2.81. The monoisotopic (exact) mass is 354 g/mol. The maximum atomic E-state index is 10.2. The van der Waals surface area contributed by atoms with Crippen molar-refractivity contribution in [2.24, 2.45) is 21.6 Å². The van der Waals surface area contributed by atoms with Crippen molar-refractivity contribution in [3.8, 4) is 23.6 Å². The van der Waals surface area contributed by atoms with Crippen LogP contribution in [0, 0.1) is 33.5 Å². The van der Waals surface area contributed by atoms with Crippen molar-refractivity contribution in [1.82, 2.24) is 0 Å². The molecule has 5 atom stereocenters. The van der Waals surface area contributed by atoms with Crippen LogP contribution in [0.3, 0.4) is 0 Å². The zero-order valence-corrected chi connectivity index (χ0v) is 14.6. The fourth-order valence-corrected chi connectivity index (χ4v) is 4.47. The van der Waals surface area contributed by atoms with Crippen molar-refractivity contribution in [3.63, 3.8) is 0 Å². The van der Waals surface area contributed by atoms with Gasteiger partial charge in [-0.3, -0.25) is 0 Å². The Bertz CT molecular complexity index is 903. The molecular formula is C18H18N4O4. The Labute approximate surface area is 150 Å². The van der Waals surface area contributed by atoms with Crippen molar-refractivity contribution in [1.29, 1.82) is 10.5 Å². The van der Waals surface area contributed by atoms with Crippen LogP contribution >= 0.6 is 0 Å². The van der Waals surface area contributed by atoms with Crippen molar-refractivity contribution >= 4 is 5.84 Å². The van der Waals surface area contributed by atoms with E-state index in [0.29, 0.717) is 17.1 Å². The molecule has 0 unspecified atom stereocenters. The first-order chi connectivity index (χ1) is 12.5. The molecule has 1 saturated heterocycles. The van der Waals surface area contributed by atoms with Crippen LogP contribution in [0.5, 0.6) is 11.5 Å². The molecule has 1 aromatic carbocycles. The molecule has 0 amide bonds. The molecule has 3 aliphatic rings. The molecule has 2 fully saturated rings. The van der Waals surface area contributed by atoms with Gasteiger partial charge in [0, 0.05) is 11.5 Å². The summed E-state index contributed by atoms with van der Waals surface area (Å²) < 4.78 is 22.6. The van der Waals surface area contributed by atoms with Gasteiger partial charge in [-0.25, -0.2) is 4.99 Å². The van der Waals surface area contributed by atoms with Gasteiger partial charge in [0.1, 0.15) is 11.3 Å². The first kappa shape index (κ1) is 16.6. The summed E-state index contributed by atoms with van der Waals surface area (Å²) in [6.45, 7) is 2.09. The topological polar surface area (TPSA) is 123 Å². The zero-order valence-electron chi connectivity index (χ0n) is 14.6. The third-order valence-electron chi connectivity index (χ3n) is 5.55. The number of nitriles is 2. The molecule has 8 nitrogen and oxygen atoms in total. The molecule has 1 aromatic rings. The molecule has 2 aliphatic heterocycles. The minimum absolute atomic E-state index is 0.0468. The lowest BCUT2D eigenvalue weighted by Gasteiger charge is -2.26. The van der Waals surface area contributed by atoms with E-state index in [9.17, 15) is 10.5 Å². The van der Waals surface area contributed by atoms with Crippen molar-refractivity contribution in [3.05, 3.63) is 23.8 Å². The van der Waals surface area contributed by atoms with Gasteiger partial charge in [-0.05, 0) is 13.0 Å². The lowest BCUT2D eigenvalue weighted by atomic mass is 9.93. The predicted octanol–water partition coefficient (Wildman–Crippen LogP) is 1.28. The van der Waals surface area contributed by atoms with E-state index in [0.717, 1.165) is 0 Å². The lowest BCUT2D eigenvalue weighted by Crippen LogP contribution is -2.39. The highest BCUT2D eigenvalue weighted by Crippen LogP contribution is 2.83. The molecular weight excluding hydrogens is 336 g/mol. The molecule has 134 valence electrons. The number of nitrogens with two attached hydrogens (primary N) is 1. The number of aliphatic imine (C=N–C) groups is 1. The van der Waals surface area contributed by atoms with E-state index in [-0.39, 0.29) is 18.5 Å². The predicted molar refractivity (Wildman–Crippen MR) is 89.2 cm³/mol. The summed E-state index contributed by atoms with van der Waals surface area (Å²) in [5, 5.41) is 20.2. The molecule has 2 heterocycles. The summed E-state index contributed by atoms with van der Waals surface area (Å²) in [6, 6.07) is 9.81. The van der Waals surface area contributed by atoms with Crippen LogP contribution < -0.4 is 15.2 Å². The van der Waals surface area contributed by atoms with E-state index in [1.807, 2.05) is 6.92 Å². The average Bonchev–Trinajstić information content (AvgIpc) is 3.04. The first-order valence-electron chi connectivity index (χ1n) is 8.19. The summed E-state index contributed by atoms with van der Waals surface area (Å²) in [5.41, 5.74) is 4.07. The third kappa shape index (κ3) is 1.53. The van der Waals surface area contributed by atoms with E-state index in [1.165, 1.54) is 14.2 Å². The Morgan fingerprint density at radius 3 is 2.58 bits per heavy atom. The highest BCUT2D eigenvalue weighted by Gasteiger charge is 2.94. The zero-order chi connectivity index (χ0) is 18.7. The second-order valence-corrected chi connectivity index (χ2v) is 6.67. The van der Waals surface area contributed by atoms with E-state index in [1.54, 1.807) is 18.2 Å². The van der Waals surface area contributed by atoms with Gasteiger partial charge in [-0.15, -0.1) is 0 Å². The van der Waals surface area contributed by atoms with Crippen LogP contribution in [0.1, 0.15) is 18.4 Å². The molecule has 1 saturated carbocycles. The minimum Gasteiger partial charge on any atom is -0.493 e. The Morgan fingerprint density at radius 1 is 1.27 bits per heavy atom. The largest absolute Gasteiger partial charge is 0.493 e. The highest BCUT2D eigenvalue weighted by molar-refractivity contribution is 6.00. The number of methoxy groups -OCH3 is 2. The minimum atomic E-state index is -1.58. The summed E-state index contributed by atoms with van der Waals surface area (Å²) in [7, 11) is 3.03. The molecule has 2 N–H and O–H groups in total.